The predicted octanol–water partition coefficient (Wildman–Crippen LogP) is 4.68. The van der Waals surface area contributed by atoms with E-state index in [1.54, 1.807) is 0 Å². The van der Waals surface area contributed by atoms with E-state index in [-0.39, 0.29) is 12.2 Å². The van der Waals surface area contributed by atoms with Gasteiger partial charge in [0.1, 0.15) is 0 Å². The Hall–Kier alpha value is -0.200. The zero-order chi connectivity index (χ0) is 14.9. The van der Waals surface area contributed by atoms with Gasteiger partial charge in [-0.1, -0.05) is 32.6 Å². The van der Waals surface area contributed by atoms with Gasteiger partial charge in [-0.2, -0.15) is 22.0 Å². The van der Waals surface area contributed by atoms with Crippen LogP contribution in [0.3, 0.4) is 0 Å². The highest BCUT2D eigenvalue weighted by Crippen LogP contribution is 2.38. The summed E-state index contributed by atoms with van der Waals surface area (Å²) >= 11 is 0. The number of unbranched alkanes of at least 4 members (excludes halogenated alkanes) is 4. The average molecular weight is 308 g/mol. The Morgan fingerprint density at radius 3 is 1.89 bits per heavy atom. The largest absolute Gasteiger partial charge is 0.453 e. The molecule has 0 spiro atoms. The number of hydrogen-bond acceptors (Lipinski definition) is 1. The predicted molar refractivity (Wildman–Crippen MR) is 66.9 cm³/mol. The van der Waals surface area contributed by atoms with Crippen LogP contribution in [0.5, 0.6) is 0 Å². The molecule has 0 radical (unpaired) electrons. The van der Waals surface area contributed by atoms with E-state index in [1.807, 2.05) is 0 Å². The van der Waals surface area contributed by atoms with Gasteiger partial charge in [0.25, 0.3) is 0 Å². The maximum atomic E-state index is 12.5. The van der Waals surface area contributed by atoms with Crippen molar-refractivity contribution in [3.63, 3.8) is 0 Å². The first-order chi connectivity index (χ1) is 8.70. The molecule has 0 rings (SSSR count). The van der Waals surface area contributed by atoms with Crippen molar-refractivity contribution in [1.29, 1.82) is 0 Å². The standard InChI is InChI=1S/C12H21F5OS/c1-2-3-4-5-6-9-19(18)10-7-8-11(13,14)12(15,16)17/h2-10H2,1H3. The second kappa shape index (κ2) is 8.87. The summed E-state index contributed by atoms with van der Waals surface area (Å²) in [5.74, 6) is -4.36. The summed E-state index contributed by atoms with van der Waals surface area (Å²) in [7, 11) is -1.29. The third kappa shape index (κ3) is 8.55. The summed E-state index contributed by atoms with van der Waals surface area (Å²) in [5.41, 5.74) is 0. The minimum atomic E-state index is -5.51. The first-order valence-electron chi connectivity index (χ1n) is 6.50. The van der Waals surface area contributed by atoms with Crippen LogP contribution in [-0.2, 0) is 10.8 Å². The van der Waals surface area contributed by atoms with E-state index in [0.29, 0.717) is 5.75 Å². The quantitative estimate of drug-likeness (QED) is 0.423. The summed E-state index contributed by atoms with van der Waals surface area (Å²) in [4.78, 5) is 0. The Kier molecular flexibility index (Phi) is 8.78. The van der Waals surface area contributed by atoms with Crippen LogP contribution in [-0.4, -0.2) is 27.8 Å². The Bertz CT molecular complexity index is 265. The zero-order valence-corrected chi connectivity index (χ0v) is 11.9. The van der Waals surface area contributed by atoms with Crippen LogP contribution in [0, 0.1) is 0 Å². The van der Waals surface area contributed by atoms with Crippen molar-refractivity contribution in [2.75, 3.05) is 11.5 Å². The molecule has 19 heavy (non-hydrogen) atoms. The van der Waals surface area contributed by atoms with Crippen molar-refractivity contribution in [3.8, 4) is 0 Å². The Morgan fingerprint density at radius 1 is 0.842 bits per heavy atom. The molecule has 0 aliphatic heterocycles. The fraction of sp³-hybridized carbons (Fsp3) is 1.00. The van der Waals surface area contributed by atoms with Crippen LogP contribution in [0.4, 0.5) is 22.0 Å². The zero-order valence-electron chi connectivity index (χ0n) is 11.1. The molecule has 1 unspecified atom stereocenters. The molecule has 1 atom stereocenters. The summed E-state index contributed by atoms with van der Waals surface area (Å²) in [6, 6.07) is 0. The molecule has 0 aromatic heterocycles. The third-order valence-corrected chi connectivity index (χ3v) is 4.24. The van der Waals surface area contributed by atoms with E-state index >= 15 is 0 Å². The van der Waals surface area contributed by atoms with Crippen molar-refractivity contribution in [3.05, 3.63) is 0 Å². The highest BCUT2D eigenvalue weighted by molar-refractivity contribution is 7.84. The van der Waals surface area contributed by atoms with Crippen LogP contribution in [0.25, 0.3) is 0 Å². The third-order valence-electron chi connectivity index (χ3n) is 2.75. The molecule has 0 aliphatic carbocycles. The molecule has 0 aromatic rings. The monoisotopic (exact) mass is 308 g/mol. The van der Waals surface area contributed by atoms with Crippen molar-refractivity contribution in [2.24, 2.45) is 0 Å². The molecule has 116 valence electrons. The van der Waals surface area contributed by atoms with Gasteiger partial charge in [0.05, 0.1) is 0 Å². The fourth-order valence-electron chi connectivity index (χ4n) is 1.57. The van der Waals surface area contributed by atoms with E-state index in [1.165, 1.54) is 0 Å². The number of hydrogen-bond donors (Lipinski definition) is 0. The van der Waals surface area contributed by atoms with Gasteiger partial charge < -0.3 is 0 Å². The van der Waals surface area contributed by atoms with Gasteiger partial charge in [-0.15, -0.1) is 0 Å². The lowest BCUT2D eigenvalue weighted by molar-refractivity contribution is -0.284. The van der Waals surface area contributed by atoms with Crippen LogP contribution >= 0.6 is 0 Å². The van der Waals surface area contributed by atoms with E-state index in [4.69, 9.17) is 0 Å². The van der Waals surface area contributed by atoms with Crippen molar-refractivity contribution in [2.45, 2.75) is 64.0 Å². The van der Waals surface area contributed by atoms with Crippen LogP contribution in [0.1, 0.15) is 51.9 Å². The van der Waals surface area contributed by atoms with Gasteiger partial charge in [0, 0.05) is 28.7 Å². The smallest absolute Gasteiger partial charge is 0.260 e. The minimum Gasteiger partial charge on any atom is -0.260 e. The molecular formula is C12H21F5OS. The van der Waals surface area contributed by atoms with Gasteiger partial charge in [-0.05, 0) is 12.8 Å². The number of alkyl halides is 5. The van der Waals surface area contributed by atoms with E-state index in [2.05, 4.69) is 6.92 Å². The second-order valence-electron chi connectivity index (χ2n) is 4.57. The molecule has 0 heterocycles. The number of rotatable bonds is 10. The molecule has 7 heteroatoms. The molecule has 0 N–H and O–H groups in total. The molecule has 0 saturated heterocycles. The molecular weight excluding hydrogens is 287 g/mol. The Labute approximate surface area is 113 Å². The summed E-state index contributed by atoms with van der Waals surface area (Å²) in [6.07, 6.45) is -2.25. The Morgan fingerprint density at radius 2 is 1.37 bits per heavy atom. The van der Waals surface area contributed by atoms with E-state index in [0.717, 1.165) is 32.1 Å². The lowest BCUT2D eigenvalue weighted by atomic mass is 10.2. The molecule has 0 aromatic carbocycles. The summed E-state index contributed by atoms with van der Waals surface area (Å²) in [6.45, 7) is 2.07. The van der Waals surface area contributed by atoms with Gasteiger partial charge in [-0.3, -0.25) is 4.21 Å². The second-order valence-corrected chi connectivity index (χ2v) is 6.26. The maximum absolute atomic E-state index is 12.5. The fourth-order valence-corrected chi connectivity index (χ4v) is 2.76. The van der Waals surface area contributed by atoms with Crippen LogP contribution < -0.4 is 0 Å². The van der Waals surface area contributed by atoms with Gasteiger partial charge in [-0.25, -0.2) is 0 Å². The van der Waals surface area contributed by atoms with E-state index in [9.17, 15) is 26.2 Å². The Balaban J connectivity index is 3.69. The van der Waals surface area contributed by atoms with Gasteiger partial charge >= 0.3 is 12.1 Å². The first-order valence-corrected chi connectivity index (χ1v) is 7.99. The van der Waals surface area contributed by atoms with Crippen LogP contribution in [0.15, 0.2) is 0 Å². The van der Waals surface area contributed by atoms with Crippen molar-refractivity contribution >= 4 is 10.8 Å². The lowest BCUT2D eigenvalue weighted by Gasteiger charge is -2.19. The lowest BCUT2D eigenvalue weighted by Crippen LogP contribution is -2.36. The molecule has 0 saturated carbocycles. The summed E-state index contributed by atoms with van der Waals surface area (Å²) < 4.78 is 72.1. The van der Waals surface area contributed by atoms with Crippen molar-refractivity contribution in [1.82, 2.24) is 0 Å². The molecule has 0 fully saturated rings. The summed E-state index contributed by atoms with van der Waals surface area (Å²) in [5, 5.41) is 0. The first kappa shape index (κ1) is 18.8. The molecule has 0 aliphatic rings. The van der Waals surface area contributed by atoms with Crippen LogP contribution in [0.2, 0.25) is 0 Å². The SMILES string of the molecule is CCCCCCCS(=O)CCCC(F)(F)C(F)(F)F. The normalized spacial score (nSPS) is 14.6. The van der Waals surface area contributed by atoms with E-state index < -0.39 is 29.3 Å². The highest BCUT2D eigenvalue weighted by atomic mass is 32.2. The number of halogens is 5. The average Bonchev–Trinajstić information content (AvgIpc) is 2.27. The van der Waals surface area contributed by atoms with Crippen molar-refractivity contribution < 1.29 is 26.2 Å². The maximum Gasteiger partial charge on any atom is 0.453 e. The highest BCUT2D eigenvalue weighted by Gasteiger charge is 2.56. The molecule has 1 nitrogen and oxygen atoms in total. The molecule has 0 bridgehead atoms. The van der Waals surface area contributed by atoms with Gasteiger partial charge in [0.15, 0.2) is 0 Å². The minimum absolute atomic E-state index is 0.0839. The molecule has 0 amide bonds. The van der Waals surface area contributed by atoms with Gasteiger partial charge in [0.2, 0.25) is 0 Å². The topological polar surface area (TPSA) is 17.1 Å².